The minimum Gasteiger partial charge on any atom is -0.450 e. The molecule has 0 unspecified atom stereocenters. The van der Waals surface area contributed by atoms with Crippen LogP contribution in [-0.2, 0) is 4.74 Å². The normalized spacial score (nSPS) is 19.2. The van der Waals surface area contributed by atoms with Crippen molar-refractivity contribution in [2.24, 2.45) is 0 Å². The summed E-state index contributed by atoms with van der Waals surface area (Å²) in [6.07, 6.45) is 3.54. The van der Waals surface area contributed by atoms with Crippen molar-refractivity contribution in [2.45, 2.75) is 25.8 Å². The van der Waals surface area contributed by atoms with Gasteiger partial charge >= 0.3 is 6.09 Å². The van der Waals surface area contributed by atoms with E-state index in [1.165, 1.54) is 0 Å². The summed E-state index contributed by atoms with van der Waals surface area (Å²) in [5.41, 5.74) is 7.08. The van der Waals surface area contributed by atoms with Crippen LogP contribution in [0.1, 0.15) is 19.8 Å². The second-order valence-electron chi connectivity index (χ2n) is 7.25. The van der Waals surface area contributed by atoms with Gasteiger partial charge in [-0.05, 0) is 39.9 Å². The van der Waals surface area contributed by atoms with E-state index in [-0.39, 0.29) is 6.09 Å². The van der Waals surface area contributed by atoms with E-state index in [0.717, 1.165) is 37.6 Å². The zero-order chi connectivity index (χ0) is 19.4. The second kappa shape index (κ2) is 8.60. The lowest BCUT2D eigenvalue weighted by molar-refractivity contribution is 0.105. The maximum absolute atomic E-state index is 11.9. The minimum atomic E-state index is -0.254. The SMILES string of the molecule is CCOC(=O)N1CCN(c2ncnc(N(C)C3CCN(C)CC3)c2N)CC1. The number of carbonyl (C=O) groups is 1. The second-order valence-corrected chi connectivity index (χ2v) is 7.25. The molecule has 1 aromatic heterocycles. The smallest absolute Gasteiger partial charge is 0.409 e. The van der Waals surface area contributed by atoms with Gasteiger partial charge in [-0.25, -0.2) is 14.8 Å². The van der Waals surface area contributed by atoms with Gasteiger partial charge in [0, 0.05) is 39.3 Å². The van der Waals surface area contributed by atoms with Crippen molar-refractivity contribution in [3.8, 4) is 0 Å². The summed E-state index contributed by atoms with van der Waals surface area (Å²) < 4.78 is 5.08. The third kappa shape index (κ3) is 4.35. The van der Waals surface area contributed by atoms with E-state index in [2.05, 4.69) is 38.8 Å². The Kier molecular flexibility index (Phi) is 6.20. The fourth-order valence-corrected chi connectivity index (χ4v) is 3.78. The molecule has 0 saturated carbocycles. The molecule has 150 valence electrons. The predicted molar refractivity (Wildman–Crippen MR) is 106 cm³/mol. The van der Waals surface area contributed by atoms with Gasteiger partial charge in [0.1, 0.15) is 12.0 Å². The number of nitrogen functional groups attached to an aromatic ring is 1. The van der Waals surface area contributed by atoms with E-state index >= 15 is 0 Å². The van der Waals surface area contributed by atoms with Gasteiger partial charge in [-0.2, -0.15) is 0 Å². The molecule has 0 aliphatic carbocycles. The molecule has 2 saturated heterocycles. The molecule has 3 rings (SSSR count). The molecule has 9 heteroatoms. The lowest BCUT2D eigenvalue weighted by Gasteiger charge is -2.38. The molecule has 0 spiro atoms. The minimum absolute atomic E-state index is 0.254. The number of rotatable bonds is 4. The highest BCUT2D eigenvalue weighted by molar-refractivity contribution is 5.76. The number of likely N-dealkylation sites (tertiary alicyclic amines) is 1. The highest BCUT2D eigenvalue weighted by atomic mass is 16.6. The first-order valence-electron chi connectivity index (χ1n) is 9.69. The average Bonchev–Trinajstić information content (AvgIpc) is 2.68. The van der Waals surface area contributed by atoms with Crippen LogP contribution < -0.4 is 15.5 Å². The van der Waals surface area contributed by atoms with Crippen molar-refractivity contribution in [1.82, 2.24) is 19.8 Å². The van der Waals surface area contributed by atoms with Crippen LogP contribution in [-0.4, -0.2) is 91.9 Å². The molecule has 1 aromatic rings. The lowest BCUT2D eigenvalue weighted by Crippen LogP contribution is -2.49. The van der Waals surface area contributed by atoms with Crippen LogP contribution in [0.15, 0.2) is 6.33 Å². The van der Waals surface area contributed by atoms with Crippen molar-refractivity contribution in [3.63, 3.8) is 0 Å². The number of ether oxygens (including phenoxy) is 1. The van der Waals surface area contributed by atoms with Crippen molar-refractivity contribution < 1.29 is 9.53 Å². The van der Waals surface area contributed by atoms with Crippen LogP contribution in [0.3, 0.4) is 0 Å². The van der Waals surface area contributed by atoms with Gasteiger partial charge in [0.2, 0.25) is 0 Å². The first-order valence-corrected chi connectivity index (χ1v) is 9.69. The molecule has 2 aliphatic rings. The standard InChI is InChI=1S/C18H31N7O2/c1-4-27-18(26)25-11-9-24(10-12-25)17-15(19)16(20-13-21-17)23(3)14-5-7-22(2)8-6-14/h13-14H,4-12,19H2,1-3H3. The number of aromatic nitrogens is 2. The molecule has 2 N–H and O–H groups in total. The largest absolute Gasteiger partial charge is 0.450 e. The van der Waals surface area contributed by atoms with Crippen molar-refractivity contribution in [1.29, 1.82) is 0 Å². The van der Waals surface area contributed by atoms with Crippen molar-refractivity contribution in [3.05, 3.63) is 6.33 Å². The molecule has 0 bridgehead atoms. The van der Waals surface area contributed by atoms with Crippen LogP contribution in [0.2, 0.25) is 0 Å². The van der Waals surface area contributed by atoms with Crippen LogP contribution >= 0.6 is 0 Å². The molecule has 0 radical (unpaired) electrons. The Balaban J connectivity index is 1.67. The average molecular weight is 377 g/mol. The zero-order valence-corrected chi connectivity index (χ0v) is 16.6. The van der Waals surface area contributed by atoms with E-state index in [1.807, 2.05) is 6.92 Å². The Morgan fingerprint density at radius 1 is 1.22 bits per heavy atom. The van der Waals surface area contributed by atoms with E-state index in [0.29, 0.717) is 44.5 Å². The molecule has 0 atom stereocenters. The Bertz CT molecular complexity index is 641. The number of carbonyl (C=O) groups excluding carboxylic acids is 1. The summed E-state index contributed by atoms with van der Waals surface area (Å²) >= 11 is 0. The van der Waals surface area contributed by atoms with Gasteiger partial charge in [0.25, 0.3) is 0 Å². The summed E-state index contributed by atoms with van der Waals surface area (Å²) in [7, 11) is 4.22. The third-order valence-electron chi connectivity index (χ3n) is 5.52. The number of piperidine rings is 1. The molecule has 0 aromatic carbocycles. The number of piperazine rings is 1. The Morgan fingerprint density at radius 3 is 2.52 bits per heavy atom. The Labute approximate surface area is 161 Å². The van der Waals surface area contributed by atoms with E-state index in [4.69, 9.17) is 10.5 Å². The first-order chi connectivity index (χ1) is 13.0. The van der Waals surface area contributed by atoms with Crippen LogP contribution in [0, 0.1) is 0 Å². The summed E-state index contributed by atoms with van der Waals surface area (Å²) in [5.74, 6) is 1.55. The molecule has 9 nitrogen and oxygen atoms in total. The van der Waals surface area contributed by atoms with E-state index < -0.39 is 0 Å². The zero-order valence-electron chi connectivity index (χ0n) is 16.6. The van der Waals surface area contributed by atoms with Gasteiger partial charge < -0.3 is 30.1 Å². The van der Waals surface area contributed by atoms with Gasteiger partial charge in [-0.3, -0.25) is 0 Å². The number of hydrogen-bond acceptors (Lipinski definition) is 8. The third-order valence-corrected chi connectivity index (χ3v) is 5.52. The number of nitrogens with zero attached hydrogens (tertiary/aromatic N) is 6. The summed E-state index contributed by atoms with van der Waals surface area (Å²) in [6, 6.07) is 0.437. The van der Waals surface area contributed by atoms with Gasteiger partial charge in [0.05, 0.1) is 6.61 Å². The first kappa shape index (κ1) is 19.5. The molecular formula is C18H31N7O2. The fraction of sp³-hybridized carbons (Fsp3) is 0.722. The summed E-state index contributed by atoms with van der Waals surface area (Å²) in [5, 5.41) is 0. The van der Waals surface area contributed by atoms with Crippen LogP contribution in [0.25, 0.3) is 0 Å². The topological polar surface area (TPSA) is 91.1 Å². The lowest BCUT2D eigenvalue weighted by atomic mass is 10.0. The summed E-state index contributed by atoms with van der Waals surface area (Å²) in [6.45, 7) is 6.94. The fourth-order valence-electron chi connectivity index (χ4n) is 3.78. The monoisotopic (exact) mass is 377 g/mol. The highest BCUT2D eigenvalue weighted by Crippen LogP contribution is 2.31. The molecule has 1 amide bonds. The maximum atomic E-state index is 11.9. The number of anilines is 3. The molecule has 3 heterocycles. The maximum Gasteiger partial charge on any atom is 0.409 e. The molecular weight excluding hydrogens is 346 g/mol. The van der Waals surface area contributed by atoms with Gasteiger partial charge in [-0.15, -0.1) is 0 Å². The van der Waals surface area contributed by atoms with Crippen LogP contribution in [0.4, 0.5) is 22.1 Å². The Hall–Kier alpha value is -2.29. The number of hydrogen-bond donors (Lipinski definition) is 1. The quantitative estimate of drug-likeness (QED) is 0.826. The van der Waals surface area contributed by atoms with Crippen molar-refractivity contribution >= 4 is 23.4 Å². The van der Waals surface area contributed by atoms with Crippen LogP contribution in [0.5, 0.6) is 0 Å². The molecule has 27 heavy (non-hydrogen) atoms. The molecule has 2 aliphatic heterocycles. The van der Waals surface area contributed by atoms with Gasteiger partial charge in [-0.1, -0.05) is 0 Å². The van der Waals surface area contributed by atoms with Crippen molar-refractivity contribution in [2.75, 3.05) is 75.5 Å². The van der Waals surface area contributed by atoms with Gasteiger partial charge in [0.15, 0.2) is 11.6 Å². The number of nitrogens with two attached hydrogens (primary N) is 1. The predicted octanol–water partition coefficient (Wildman–Crippen LogP) is 0.868. The summed E-state index contributed by atoms with van der Waals surface area (Å²) in [4.78, 5) is 29.2. The van der Waals surface area contributed by atoms with E-state index in [9.17, 15) is 4.79 Å². The molecule has 2 fully saturated rings. The number of amides is 1. The highest BCUT2D eigenvalue weighted by Gasteiger charge is 2.27. The Morgan fingerprint density at radius 2 is 1.89 bits per heavy atom. The van der Waals surface area contributed by atoms with E-state index in [1.54, 1.807) is 11.2 Å².